The largest absolute Gasteiger partial charge is 0.324 e. The molecule has 0 radical (unpaired) electrons. The van der Waals surface area contributed by atoms with Gasteiger partial charge in [-0.1, -0.05) is 62.4 Å². The number of likely N-dealkylation sites (tertiary alicyclic amines) is 1. The van der Waals surface area contributed by atoms with Crippen LogP contribution in [0.3, 0.4) is 0 Å². The number of halogens is 3. The molecule has 8 heteroatoms. The van der Waals surface area contributed by atoms with Crippen LogP contribution in [0.5, 0.6) is 0 Å². The zero-order valence-electron chi connectivity index (χ0n) is 20.0. The molecule has 1 aliphatic heterocycles. The van der Waals surface area contributed by atoms with Gasteiger partial charge in [0.2, 0.25) is 17.7 Å². The number of nitrogens with zero attached hydrogens (tertiary/aromatic N) is 1. The van der Waals surface area contributed by atoms with Gasteiger partial charge < -0.3 is 5.32 Å². The second-order valence-electron chi connectivity index (χ2n) is 10.2. The summed E-state index contributed by atoms with van der Waals surface area (Å²) in [6.07, 6.45) is 0. The van der Waals surface area contributed by atoms with Gasteiger partial charge in [-0.2, -0.15) is 0 Å². The van der Waals surface area contributed by atoms with E-state index in [1.165, 1.54) is 0 Å². The summed E-state index contributed by atoms with van der Waals surface area (Å²) in [5.41, 5.74) is 3.53. The highest BCUT2D eigenvalue weighted by atomic mass is 127. The van der Waals surface area contributed by atoms with Crippen LogP contribution >= 0.6 is 45.8 Å². The molecule has 1 heterocycles. The summed E-state index contributed by atoms with van der Waals surface area (Å²) in [5, 5.41) is 2.89. The van der Waals surface area contributed by atoms with Gasteiger partial charge in [-0.25, -0.2) is 0 Å². The minimum atomic E-state index is -1.27. The Hall–Kier alpha value is -2.42. The summed E-state index contributed by atoms with van der Waals surface area (Å²) in [5.74, 6) is -3.55. The Bertz CT molecular complexity index is 1350. The molecule has 3 aromatic rings. The van der Waals surface area contributed by atoms with Crippen molar-refractivity contribution in [2.75, 3.05) is 5.32 Å². The van der Waals surface area contributed by atoms with Gasteiger partial charge in [-0.3, -0.25) is 19.3 Å². The van der Waals surface area contributed by atoms with E-state index in [1.807, 2.05) is 74.5 Å². The van der Waals surface area contributed by atoms with Gasteiger partial charge in [-0.15, -0.1) is 23.2 Å². The predicted molar refractivity (Wildman–Crippen MR) is 151 cm³/mol. The molecule has 0 spiro atoms. The van der Waals surface area contributed by atoms with E-state index in [2.05, 4.69) is 27.9 Å². The normalized spacial score (nSPS) is 28.1. The highest BCUT2D eigenvalue weighted by Crippen LogP contribution is 2.69. The average molecular weight is 645 g/mol. The molecule has 0 aromatic heterocycles. The molecule has 1 fully saturated rings. The lowest BCUT2D eigenvalue weighted by Gasteiger charge is -2.54. The van der Waals surface area contributed by atoms with E-state index < -0.39 is 45.3 Å². The SMILES string of the molecule is CC(C)[C@@H](C(=O)Nc1ccc(I)cc1)N1C(=O)[C@H]2[C@H](C1=O)C1(Cl)c3ccccc3C2(Cl)c2ccccc21. The first-order chi connectivity index (χ1) is 17.6. The monoisotopic (exact) mass is 644 g/mol. The number of amides is 3. The first-order valence-electron chi connectivity index (χ1n) is 12.1. The van der Waals surface area contributed by atoms with Crippen LogP contribution in [-0.4, -0.2) is 28.7 Å². The first kappa shape index (κ1) is 24.9. The lowest BCUT2D eigenvalue weighted by molar-refractivity contribution is -0.148. The Labute approximate surface area is 238 Å². The van der Waals surface area contributed by atoms with Gasteiger partial charge in [0.1, 0.15) is 15.8 Å². The Morgan fingerprint density at radius 2 is 1.22 bits per heavy atom. The minimum Gasteiger partial charge on any atom is -0.324 e. The molecule has 0 saturated carbocycles. The van der Waals surface area contributed by atoms with E-state index in [-0.39, 0.29) is 5.92 Å². The minimum absolute atomic E-state index is 0.336. The number of benzene rings is 3. The maximum Gasteiger partial charge on any atom is 0.247 e. The van der Waals surface area contributed by atoms with Gasteiger partial charge in [0.15, 0.2) is 0 Å². The van der Waals surface area contributed by atoms with Crippen molar-refractivity contribution in [3.63, 3.8) is 0 Å². The van der Waals surface area contributed by atoms with E-state index in [9.17, 15) is 14.4 Å². The standard InChI is InChI=1S/C29H23Cl2IN2O3/c1-15(2)24(25(35)33-17-13-11-16(32)12-14-17)34-26(36)22-23(27(34)37)29(31)19-8-4-3-7-18(19)28(22,30)20-9-5-6-10-21(20)29/h3-15,22-24H,1-2H3,(H,33,35)/t22-,23-,24+,28?,29?/m1/s1. The maximum absolute atomic E-state index is 14.2. The quantitative estimate of drug-likeness (QED) is 0.220. The highest BCUT2D eigenvalue weighted by molar-refractivity contribution is 14.1. The van der Waals surface area contributed by atoms with Gasteiger partial charge in [0.25, 0.3) is 0 Å². The Morgan fingerprint density at radius 1 is 0.811 bits per heavy atom. The number of imide groups is 1. The van der Waals surface area contributed by atoms with Crippen molar-refractivity contribution in [3.8, 4) is 0 Å². The van der Waals surface area contributed by atoms with Crippen LogP contribution < -0.4 is 5.32 Å². The molecular weight excluding hydrogens is 622 g/mol. The van der Waals surface area contributed by atoms with Crippen LogP contribution in [0.1, 0.15) is 36.1 Å². The molecule has 7 rings (SSSR count). The molecule has 3 aliphatic carbocycles. The molecule has 3 amide bonds. The summed E-state index contributed by atoms with van der Waals surface area (Å²) in [6.45, 7) is 3.65. The molecule has 0 unspecified atom stereocenters. The molecular formula is C29H23Cl2IN2O3. The molecule has 37 heavy (non-hydrogen) atoms. The van der Waals surface area contributed by atoms with E-state index >= 15 is 0 Å². The number of carbonyl (C=O) groups is 3. The third-order valence-corrected chi connectivity index (χ3v) is 9.91. The zero-order chi connectivity index (χ0) is 26.3. The molecule has 2 bridgehead atoms. The smallest absolute Gasteiger partial charge is 0.247 e. The number of carbonyl (C=O) groups excluding carboxylic acids is 3. The summed E-state index contributed by atoms with van der Waals surface area (Å²) in [4.78, 5) is 40.6. The molecule has 4 aliphatic rings. The van der Waals surface area contributed by atoms with Crippen molar-refractivity contribution in [2.24, 2.45) is 17.8 Å². The van der Waals surface area contributed by atoms with Crippen LogP contribution in [-0.2, 0) is 24.1 Å². The Balaban J connectivity index is 1.48. The summed E-state index contributed by atoms with van der Waals surface area (Å²) < 4.78 is 1.03. The third-order valence-electron chi connectivity index (χ3n) is 7.91. The van der Waals surface area contributed by atoms with Crippen LogP contribution in [0.2, 0.25) is 0 Å². The lowest BCUT2D eigenvalue weighted by atomic mass is 9.54. The van der Waals surface area contributed by atoms with Crippen LogP contribution in [0.15, 0.2) is 72.8 Å². The third kappa shape index (κ3) is 3.25. The van der Waals surface area contributed by atoms with Crippen molar-refractivity contribution >= 4 is 69.2 Å². The molecule has 5 nitrogen and oxygen atoms in total. The zero-order valence-corrected chi connectivity index (χ0v) is 23.7. The highest BCUT2D eigenvalue weighted by Gasteiger charge is 2.73. The van der Waals surface area contributed by atoms with Gasteiger partial charge in [0.05, 0.1) is 11.8 Å². The van der Waals surface area contributed by atoms with E-state index in [0.717, 1.165) is 30.7 Å². The summed E-state index contributed by atoms with van der Waals surface area (Å²) in [7, 11) is 0. The number of hydrogen-bond donors (Lipinski definition) is 1. The van der Waals surface area contributed by atoms with Gasteiger partial charge in [0, 0.05) is 9.26 Å². The summed E-state index contributed by atoms with van der Waals surface area (Å²) in [6, 6.07) is 21.3. The van der Waals surface area contributed by atoms with Crippen molar-refractivity contribution in [2.45, 2.75) is 29.6 Å². The van der Waals surface area contributed by atoms with Crippen molar-refractivity contribution in [1.29, 1.82) is 0 Å². The molecule has 1 N–H and O–H groups in total. The number of anilines is 1. The van der Waals surface area contributed by atoms with E-state index in [0.29, 0.717) is 5.69 Å². The van der Waals surface area contributed by atoms with Crippen molar-refractivity contribution < 1.29 is 14.4 Å². The number of alkyl halides is 2. The number of nitrogens with one attached hydrogen (secondary N) is 1. The van der Waals surface area contributed by atoms with Crippen molar-refractivity contribution in [3.05, 3.63) is 98.6 Å². The van der Waals surface area contributed by atoms with Crippen LogP contribution in [0.25, 0.3) is 0 Å². The average Bonchev–Trinajstić information content (AvgIpc) is 3.15. The summed E-state index contributed by atoms with van der Waals surface area (Å²) >= 11 is 17.2. The van der Waals surface area contributed by atoms with Gasteiger partial charge >= 0.3 is 0 Å². The van der Waals surface area contributed by atoms with E-state index in [1.54, 1.807) is 12.1 Å². The fourth-order valence-corrected chi connectivity index (χ4v) is 7.89. The Morgan fingerprint density at radius 3 is 1.59 bits per heavy atom. The lowest BCUT2D eigenvalue weighted by Crippen LogP contribution is -2.57. The Kier molecular flexibility index (Phi) is 5.75. The number of rotatable bonds is 4. The van der Waals surface area contributed by atoms with Crippen molar-refractivity contribution in [1.82, 2.24) is 4.90 Å². The van der Waals surface area contributed by atoms with Crippen LogP contribution in [0.4, 0.5) is 5.69 Å². The fourth-order valence-electron chi connectivity index (χ4n) is 6.43. The predicted octanol–water partition coefficient (Wildman–Crippen LogP) is 5.85. The number of hydrogen-bond acceptors (Lipinski definition) is 3. The topological polar surface area (TPSA) is 66.5 Å². The fraction of sp³-hybridized carbons (Fsp3) is 0.276. The molecule has 1 saturated heterocycles. The molecule has 188 valence electrons. The van der Waals surface area contributed by atoms with Gasteiger partial charge in [-0.05, 0) is 75.0 Å². The first-order valence-corrected chi connectivity index (χ1v) is 14.0. The van der Waals surface area contributed by atoms with E-state index in [4.69, 9.17) is 23.2 Å². The van der Waals surface area contributed by atoms with Crippen LogP contribution in [0, 0.1) is 21.3 Å². The second-order valence-corrected chi connectivity index (χ2v) is 12.6. The molecule has 3 aromatic carbocycles. The molecule has 3 atom stereocenters. The second kappa shape index (κ2) is 8.55. The maximum atomic E-state index is 14.2.